The first-order chi connectivity index (χ1) is 18.2. The number of anilines is 1. The van der Waals surface area contributed by atoms with Gasteiger partial charge in [-0.3, -0.25) is 4.90 Å². The van der Waals surface area contributed by atoms with E-state index in [-0.39, 0.29) is 11.9 Å². The number of fused-ring (bicyclic) bond motifs is 1. The molecule has 1 fully saturated rings. The van der Waals surface area contributed by atoms with Crippen LogP contribution in [0, 0.1) is 5.82 Å². The lowest BCUT2D eigenvalue weighted by atomic mass is 10.0. The van der Waals surface area contributed by atoms with Crippen LogP contribution in [0.1, 0.15) is 23.0 Å². The first kappa shape index (κ1) is 23.5. The number of thiazole rings is 1. The number of halogens is 1. The number of tetrazole rings is 1. The van der Waals surface area contributed by atoms with Crippen LogP contribution in [0.5, 0.6) is 5.75 Å². The van der Waals surface area contributed by atoms with Gasteiger partial charge < -0.3 is 9.64 Å². The van der Waals surface area contributed by atoms with Crippen LogP contribution in [-0.2, 0) is 6.54 Å². The predicted molar refractivity (Wildman–Crippen MR) is 142 cm³/mol. The van der Waals surface area contributed by atoms with Gasteiger partial charge in [0.15, 0.2) is 11.0 Å². The van der Waals surface area contributed by atoms with Crippen LogP contribution in [0.25, 0.3) is 10.2 Å². The molecule has 1 atom stereocenters. The lowest BCUT2D eigenvalue weighted by Gasteiger charge is -2.38. The van der Waals surface area contributed by atoms with E-state index in [0.717, 1.165) is 59.5 Å². The molecule has 10 heteroatoms. The van der Waals surface area contributed by atoms with Gasteiger partial charge >= 0.3 is 0 Å². The van der Waals surface area contributed by atoms with Gasteiger partial charge in [-0.05, 0) is 58.0 Å². The maximum absolute atomic E-state index is 13.4. The maximum Gasteiger partial charge on any atom is 0.186 e. The highest BCUT2D eigenvalue weighted by Gasteiger charge is 2.31. The molecule has 2 aromatic heterocycles. The highest BCUT2D eigenvalue weighted by atomic mass is 32.1. The van der Waals surface area contributed by atoms with Gasteiger partial charge in [-0.1, -0.05) is 47.7 Å². The minimum atomic E-state index is -0.261. The van der Waals surface area contributed by atoms with Crippen molar-refractivity contribution in [3.8, 4) is 5.75 Å². The Balaban J connectivity index is 1.27. The number of para-hydroxylation sites is 1. The van der Waals surface area contributed by atoms with Gasteiger partial charge in [-0.25, -0.2) is 14.1 Å². The lowest BCUT2D eigenvalue weighted by Crippen LogP contribution is -2.48. The van der Waals surface area contributed by atoms with E-state index in [1.165, 1.54) is 16.8 Å². The molecule has 0 saturated carbocycles. The molecule has 3 heterocycles. The molecule has 0 spiro atoms. The fraction of sp³-hybridized carbons (Fsp3) is 0.259. The number of methoxy groups -OCH3 is 1. The van der Waals surface area contributed by atoms with Crippen LogP contribution in [0.3, 0.4) is 0 Å². The number of hydrogen-bond donors (Lipinski definition) is 0. The molecule has 6 rings (SSSR count). The number of piperazine rings is 1. The number of ether oxygens (including phenoxy) is 1. The fourth-order valence-electron chi connectivity index (χ4n) is 4.76. The van der Waals surface area contributed by atoms with Crippen LogP contribution in [0.2, 0.25) is 0 Å². The van der Waals surface area contributed by atoms with E-state index in [1.54, 1.807) is 30.6 Å². The highest BCUT2D eigenvalue weighted by Crippen LogP contribution is 2.33. The van der Waals surface area contributed by atoms with Crippen molar-refractivity contribution in [1.29, 1.82) is 0 Å². The summed E-state index contributed by atoms with van der Waals surface area (Å²) in [6, 6.07) is 22.6. The van der Waals surface area contributed by atoms with Crippen LogP contribution >= 0.6 is 11.3 Å². The Kier molecular flexibility index (Phi) is 6.50. The van der Waals surface area contributed by atoms with Crippen molar-refractivity contribution in [3.05, 3.63) is 95.6 Å². The third-order valence-electron chi connectivity index (χ3n) is 6.71. The van der Waals surface area contributed by atoms with E-state index >= 15 is 0 Å². The monoisotopic (exact) mass is 515 g/mol. The molecule has 0 N–H and O–H groups in total. The molecular formula is C27H26FN7OS. The Bertz CT molecular complexity index is 1440. The summed E-state index contributed by atoms with van der Waals surface area (Å²) in [6.07, 6.45) is 0. The summed E-state index contributed by atoms with van der Waals surface area (Å²) < 4.78 is 21.8. The van der Waals surface area contributed by atoms with E-state index in [4.69, 9.17) is 9.72 Å². The van der Waals surface area contributed by atoms with E-state index < -0.39 is 0 Å². The Hall–Kier alpha value is -3.89. The average molecular weight is 516 g/mol. The molecule has 0 aliphatic carbocycles. The van der Waals surface area contributed by atoms with E-state index in [1.807, 2.05) is 22.9 Å². The van der Waals surface area contributed by atoms with Gasteiger partial charge in [-0.2, -0.15) is 0 Å². The zero-order valence-electron chi connectivity index (χ0n) is 20.4. The summed E-state index contributed by atoms with van der Waals surface area (Å²) in [4.78, 5) is 9.62. The van der Waals surface area contributed by atoms with Crippen LogP contribution in [0.15, 0.2) is 72.8 Å². The summed E-state index contributed by atoms with van der Waals surface area (Å²) in [5, 5.41) is 13.8. The summed E-state index contributed by atoms with van der Waals surface area (Å²) in [6.45, 7) is 3.82. The Morgan fingerprint density at radius 1 is 0.946 bits per heavy atom. The zero-order valence-corrected chi connectivity index (χ0v) is 21.2. The number of hydrogen-bond acceptors (Lipinski definition) is 8. The highest BCUT2D eigenvalue weighted by molar-refractivity contribution is 7.22. The molecule has 1 aliphatic heterocycles. The summed E-state index contributed by atoms with van der Waals surface area (Å²) in [5.74, 6) is 1.29. The second-order valence-electron chi connectivity index (χ2n) is 8.98. The van der Waals surface area contributed by atoms with Gasteiger partial charge in [0.1, 0.15) is 11.6 Å². The molecule has 8 nitrogen and oxygen atoms in total. The van der Waals surface area contributed by atoms with Crippen molar-refractivity contribution in [2.75, 3.05) is 38.2 Å². The van der Waals surface area contributed by atoms with Crippen LogP contribution in [0.4, 0.5) is 9.52 Å². The van der Waals surface area contributed by atoms with Crippen molar-refractivity contribution in [3.63, 3.8) is 0 Å². The van der Waals surface area contributed by atoms with Gasteiger partial charge in [-0.15, -0.1) is 5.10 Å². The lowest BCUT2D eigenvalue weighted by molar-refractivity contribution is 0.201. The standard InChI is InChI=1S/C27H26FN7OS/c1-36-22-12-8-20(9-13-22)25(26-30-31-32-35(26)18-19-6-10-21(28)11-7-19)33-14-16-34(17-15-33)27-29-23-4-2-3-5-24(23)37-27/h2-13,25H,14-18H2,1H3/t25-/m0/s1. The largest absolute Gasteiger partial charge is 0.497 e. The SMILES string of the molecule is COc1ccc([C@@H](c2nnnn2Cc2ccc(F)cc2)N2CCN(c3nc4ccccc4s3)CC2)cc1. The second-order valence-corrected chi connectivity index (χ2v) is 9.99. The quantitative estimate of drug-likeness (QED) is 0.318. The normalized spacial score (nSPS) is 15.2. The van der Waals surface area contributed by atoms with Crippen molar-refractivity contribution in [2.45, 2.75) is 12.6 Å². The van der Waals surface area contributed by atoms with Crippen molar-refractivity contribution in [2.24, 2.45) is 0 Å². The topological polar surface area (TPSA) is 72.2 Å². The van der Waals surface area contributed by atoms with Crippen molar-refractivity contribution < 1.29 is 9.13 Å². The minimum Gasteiger partial charge on any atom is -0.497 e. The van der Waals surface area contributed by atoms with Crippen molar-refractivity contribution >= 4 is 26.7 Å². The van der Waals surface area contributed by atoms with E-state index in [9.17, 15) is 4.39 Å². The first-order valence-electron chi connectivity index (χ1n) is 12.2. The molecule has 1 saturated heterocycles. The van der Waals surface area contributed by atoms with Crippen molar-refractivity contribution in [1.82, 2.24) is 30.1 Å². The van der Waals surface area contributed by atoms with Gasteiger partial charge in [0.05, 0.1) is 29.9 Å². The van der Waals surface area contributed by atoms with Crippen LogP contribution in [-0.4, -0.2) is 63.4 Å². The Morgan fingerprint density at radius 2 is 1.70 bits per heavy atom. The van der Waals surface area contributed by atoms with Gasteiger partial charge in [0.25, 0.3) is 0 Å². The number of aromatic nitrogens is 5. The summed E-state index contributed by atoms with van der Waals surface area (Å²) >= 11 is 1.74. The van der Waals surface area contributed by atoms with Gasteiger partial charge in [0, 0.05) is 26.2 Å². The summed E-state index contributed by atoms with van der Waals surface area (Å²) in [5.41, 5.74) is 3.06. The third kappa shape index (κ3) is 4.90. The smallest absolute Gasteiger partial charge is 0.186 e. The summed E-state index contributed by atoms with van der Waals surface area (Å²) in [7, 11) is 1.66. The molecule has 0 unspecified atom stereocenters. The molecule has 0 radical (unpaired) electrons. The fourth-order valence-corrected chi connectivity index (χ4v) is 5.78. The number of benzene rings is 3. The molecular weight excluding hydrogens is 489 g/mol. The average Bonchev–Trinajstić information content (AvgIpc) is 3.58. The van der Waals surface area contributed by atoms with E-state index in [2.05, 4.69) is 55.7 Å². The molecule has 0 bridgehead atoms. The second kappa shape index (κ2) is 10.2. The molecule has 5 aromatic rings. The van der Waals surface area contributed by atoms with Crippen LogP contribution < -0.4 is 9.64 Å². The number of nitrogens with zero attached hydrogens (tertiary/aromatic N) is 7. The maximum atomic E-state index is 13.4. The molecule has 37 heavy (non-hydrogen) atoms. The number of rotatable bonds is 7. The van der Waals surface area contributed by atoms with E-state index in [0.29, 0.717) is 6.54 Å². The zero-order chi connectivity index (χ0) is 25.2. The first-order valence-corrected chi connectivity index (χ1v) is 13.0. The minimum absolute atomic E-state index is 0.140. The molecule has 0 amide bonds. The predicted octanol–water partition coefficient (Wildman–Crippen LogP) is 4.39. The molecule has 3 aromatic carbocycles. The molecule has 188 valence electrons. The molecule has 1 aliphatic rings. The third-order valence-corrected chi connectivity index (χ3v) is 7.81. The van der Waals surface area contributed by atoms with Gasteiger partial charge in [0.2, 0.25) is 0 Å². The Morgan fingerprint density at radius 3 is 2.43 bits per heavy atom. The Labute approximate surface area is 217 Å².